The summed E-state index contributed by atoms with van der Waals surface area (Å²) in [6.45, 7) is 4.40. The molecule has 0 spiro atoms. The van der Waals surface area contributed by atoms with Gasteiger partial charge in [-0.2, -0.15) is 0 Å². The average molecular weight is 333 g/mol. The highest BCUT2D eigenvalue weighted by Gasteiger charge is 2.16. The zero-order valence-electron chi connectivity index (χ0n) is 14.1. The summed E-state index contributed by atoms with van der Waals surface area (Å²) in [6, 6.07) is 6.41. The lowest BCUT2D eigenvalue weighted by Gasteiger charge is -2.21. The van der Waals surface area contributed by atoms with Crippen molar-refractivity contribution < 1.29 is 4.79 Å². The Bertz CT molecular complexity index is 534. The van der Waals surface area contributed by atoms with Crippen molar-refractivity contribution in [1.82, 2.24) is 0 Å². The number of thioether (sulfide) groups is 1. The minimum atomic E-state index is 0.137. The molecular weight excluding hydrogens is 304 g/mol. The largest absolute Gasteiger partial charge is 0.372 e. The van der Waals surface area contributed by atoms with E-state index < -0.39 is 0 Å². The topological polar surface area (TPSA) is 32.3 Å². The number of rotatable bonds is 5. The number of carbonyl (C=O) groups is 1. The lowest BCUT2D eigenvalue weighted by Crippen LogP contribution is -2.19. The predicted octanol–water partition coefficient (Wildman–Crippen LogP) is 4.60. The van der Waals surface area contributed by atoms with Crippen LogP contribution in [0.2, 0.25) is 0 Å². The number of hydrogen-bond acceptors (Lipinski definition) is 3. The predicted molar refractivity (Wildman–Crippen MR) is 101 cm³/mol. The Morgan fingerprint density at radius 3 is 2.61 bits per heavy atom. The summed E-state index contributed by atoms with van der Waals surface area (Å²) in [5, 5.41) is 3.78. The maximum atomic E-state index is 12.2. The van der Waals surface area contributed by atoms with Crippen molar-refractivity contribution in [2.24, 2.45) is 0 Å². The van der Waals surface area contributed by atoms with E-state index in [2.05, 4.69) is 35.3 Å². The molecule has 1 amide bonds. The number of hydrogen-bond donors (Lipinski definition) is 1. The maximum Gasteiger partial charge on any atom is 0.234 e. The minimum absolute atomic E-state index is 0.137. The van der Waals surface area contributed by atoms with Crippen LogP contribution >= 0.6 is 11.8 Å². The van der Waals surface area contributed by atoms with E-state index in [4.69, 9.17) is 0 Å². The van der Waals surface area contributed by atoms with Crippen LogP contribution in [0, 0.1) is 6.92 Å². The second kappa shape index (κ2) is 8.09. The minimum Gasteiger partial charge on any atom is -0.372 e. The van der Waals surface area contributed by atoms with E-state index in [1.54, 1.807) is 0 Å². The molecule has 126 valence electrons. The van der Waals surface area contributed by atoms with Crippen LogP contribution in [-0.2, 0) is 4.79 Å². The Labute approximate surface area is 144 Å². The molecule has 0 unspecified atom stereocenters. The van der Waals surface area contributed by atoms with Gasteiger partial charge < -0.3 is 10.2 Å². The van der Waals surface area contributed by atoms with Gasteiger partial charge in [0.05, 0.1) is 5.75 Å². The average Bonchev–Trinajstić information content (AvgIpc) is 3.10. The molecule has 2 fully saturated rings. The fourth-order valence-corrected chi connectivity index (χ4v) is 4.70. The zero-order chi connectivity index (χ0) is 16.1. The van der Waals surface area contributed by atoms with Crippen molar-refractivity contribution in [1.29, 1.82) is 0 Å². The standard InChI is InChI=1S/C19H28N2OS/c1-15-13-16(21-11-5-6-12-21)9-10-18(15)20-19(22)14-23-17-7-3-2-4-8-17/h9-10,13,17H,2-8,11-12,14H2,1H3,(H,20,22). The van der Waals surface area contributed by atoms with E-state index in [9.17, 15) is 4.79 Å². The first kappa shape index (κ1) is 16.7. The van der Waals surface area contributed by atoms with Gasteiger partial charge in [-0.05, 0) is 56.4 Å². The van der Waals surface area contributed by atoms with E-state index >= 15 is 0 Å². The van der Waals surface area contributed by atoms with Gasteiger partial charge in [-0.25, -0.2) is 0 Å². The highest BCUT2D eigenvalue weighted by molar-refractivity contribution is 8.00. The summed E-state index contributed by atoms with van der Waals surface area (Å²) < 4.78 is 0. The lowest BCUT2D eigenvalue weighted by molar-refractivity contribution is -0.113. The van der Waals surface area contributed by atoms with Crippen LogP contribution in [0.4, 0.5) is 11.4 Å². The Morgan fingerprint density at radius 2 is 1.91 bits per heavy atom. The van der Waals surface area contributed by atoms with E-state index in [0.717, 1.165) is 24.3 Å². The van der Waals surface area contributed by atoms with Crippen LogP contribution in [0.25, 0.3) is 0 Å². The van der Waals surface area contributed by atoms with E-state index in [1.165, 1.54) is 50.6 Å². The highest BCUT2D eigenvalue weighted by Crippen LogP contribution is 2.29. The SMILES string of the molecule is Cc1cc(N2CCCC2)ccc1NC(=O)CSC1CCCCC1. The molecule has 0 bridgehead atoms. The Morgan fingerprint density at radius 1 is 1.17 bits per heavy atom. The van der Waals surface area contributed by atoms with Gasteiger partial charge in [-0.1, -0.05) is 19.3 Å². The van der Waals surface area contributed by atoms with Crippen molar-refractivity contribution in [2.45, 2.75) is 57.1 Å². The summed E-state index contributed by atoms with van der Waals surface area (Å²) in [4.78, 5) is 14.6. The van der Waals surface area contributed by atoms with Crippen LogP contribution in [-0.4, -0.2) is 30.0 Å². The van der Waals surface area contributed by atoms with Gasteiger partial charge >= 0.3 is 0 Å². The number of amides is 1. The van der Waals surface area contributed by atoms with Crippen LogP contribution in [0.5, 0.6) is 0 Å². The third kappa shape index (κ3) is 4.66. The van der Waals surface area contributed by atoms with E-state index in [-0.39, 0.29) is 5.91 Å². The van der Waals surface area contributed by atoms with Gasteiger partial charge in [0, 0.05) is 29.7 Å². The fourth-order valence-electron chi connectivity index (χ4n) is 3.57. The lowest BCUT2D eigenvalue weighted by atomic mass is 10.0. The van der Waals surface area contributed by atoms with Crippen LogP contribution < -0.4 is 10.2 Å². The summed E-state index contributed by atoms with van der Waals surface area (Å²) in [7, 11) is 0. The highest BCUT2D eigenvalue weighted by atomic mass is 32.2. The first-order chi connectivity index (χ1) is 11.2. The molecule has 1 saturated carbocycles. The smallest absolute Gasteiger partial charge is 0.234 e. The number of nitrogens with one attached hydrogen (secondary N) is 1. The van der Waals surface area contributed by atoms with Crippen LogP contribution in [0.15, 0.2) is 18.2 Å². The number of aryl methyl sites for hydroxylation is 1. The quantitative estimate of drug-likeness (QED) is 0.855. The first-order valence-corrected chi connectivity index (χ1v) is 10.0. The Kier molecular flexibility index (Phi) is 5.87. The monoisotopic (exact) mass is 332 g/mol. The molecule has 1 heterocycles. The van der Waals surface area contributed by atoms with Gasteiger partial charge in [0.15, 0.2) is 0 Å². The van der Waals surface area contributed by atoms with Crippen molar-refractivity contribution in [2.75, 3.05) is 29.1 Å². The van der Waals surface area contributed by atoms with Gasteiger partial charge in [0.25, 0.3) is 0 Å². The molecule has 23 heavy (non-hydrogen) atoms. The Hall–Kier alpha value is -1.16. The summed E-state index contributed by atoms with van der Waals surface area (Å²) in [6.07, 6.45) is 9.16. The number of nitrogens with zero attached hydrogens (tertiary/aromatic N) is 1. The molecule has 1 aliphatic carbocycles. The molecule has 0 radical (unpaired) electrons. The molecule has 0 aromatic heterocycles. The molecule has 3 nitrogen and oxygen atoms in total. The fraction of sp³-hybridized carbons (Fsp3) is 0.632. The summed E-state index contributed by atoms with van der Waals surface area (Å²) >= 11 is 1.83. The van der Waals surface area contributed by atoms with E-state index in [1.807, 2.05) is 11.8 Å². The van der Waals surface area contributed by atoms with Crippen molar-refractivity contribution >= 4 is 29.0 Å². The molecule has 3 rings (SSSR count). The second-order valence-electron chi connectivity index (χ2n) is 6.81. The van der Waals surface area contributed by atoms with Gasteiger partial charge in [0.2, 0.25) is 5.91 Å². The van der Waals surface area contributed by atoms with Crippen molar-refractivity contribution in [3.05, 3.63) is 23.8 Å². The normalized spacial score (nSPS) is 19.1. The first-order valence-electron chi connectivity index (χ1n) is 8.99. The number of benzene rings is 1. The summed E-state index contributed by atoms with van der Waals surface area (Å²) in [5.74, 6) is 0.718. The van der Waals surface area contributed by atoms with Crippen LogP contribution in [0.1, 0.15) is 50.5 Å². The van der Waals surface area contributed by atoms with Gasteiger partial charge in [-0.3, -0.25) is 4.79 Å². The molecule has 1 saturated heterocycles. The molecule has 1 aromatic carbocycles. The zero-order valence-corrected chi connectivity index (χ0v) is 15.0. The molecule has 4 heteroatoms. The maximum absolute atomic E-state index is 12.2. The summed E-state index contributed by atoms with van der Waals surface area (Å²) in [5.41, 5.74) is 3.40. The van der Waals surface area contributed by atoms with Crippen molar-refractivity contribution in [3.8, 4) is 0 Å². The molecule has 1 aromatic rings. The molecule has 1 N–H and O–H groups in total. The van der Waals surface area contributed by atoms with Gasteiger partial charge in [-0.15, -0.1) is 11.8 Å². The molecular formula is C19H28N2OS. The Balaban J connectivity index is 1.51. The molecule has 0 atom stereocenters. The molecule has 1 aliphatic heterocycles. The van der Waals surface area contributed by atoms with Crippen molar-refractivity contribution in [3.63, 3.8) is 0 Å². The van der Waals surface area contributed by atoms with Crippen LogP contribution in [0.3, 0.4) is 0 Å². The van der Waals surface area contributed by atoms with Gasteiger partial charge in [0.1, 0.15) is 0 Å². The third-order valence-electron chi connectivity index (χ3n) is 4.96. The molecule has 2 aliphatic rings. The third-order valence-corrected chi connectivity index (χ3v) is 6.33. The number of anilines is 2. The van der Waals surface area contributed by atoms with E-state index in [0.29, 0.717) is 11.0 Å². The number of carbonyl (C=O) groups excluding carboxylic acids is 1. The second-order valence-corrected chi connectivity index (χ2v) is 8.10.